The molecule has 1 aliphatic rings. The summed E-state index contributed by atoms with van der Waals surface area (Å²) in [6.07, 6.45) is 6.16. The van der Waals surface area contributed by atoms with E-state index in [-0.39, 0.29) is 0 Å². The predicted molar refractivity (Wildman–Crippen MR) is 77.5 cm³/mol. The maximum Gasteiger partial charge on any atom is 0.122 e. The van der Waals surface area contributed by atoms with Gasteiger partial charge in [-0.25, -0.2) is 0 Å². The third kappa shape index (κ3) is 3.46. The summed E-state index contributed by atoms with van der Waals surface area (Å²) >= 11 is 3.51. The van der Waals surface area contributed by atoms with E-state index in [9.17, 15) is 0 Å². The van der Waals surface area contributed by atoms with Gasteiger partial charge in [0.1, 0.15) is 5.75 Å². The number of rotatable bonds is 6. The van der Waals surface area contributed by atoms with Crippen molar-refractivity contribution >= 4 is 15.9 Å². The summed E-state index contributed by atoms with van der Waals surface area (Å²) in [7, 11) is 1.71. The topological polar surface area (TPSA) is 47.3 Å². The highest BCUT2D eigenvalue weighted by Crippen LogP contribution is 2.32. The van der Waals surface area contributed by atoms with E-state index in [0.717, 1.165) is 29.0 Å². The van der Waals surface area contributed by atoms with Gasteiger partial charge in [-0.05, 0) is 42.5 Å². The summed E-state index contributed by atoms with van der Waals surface area (Å²) in [5, 5.41) is 0. The first-order valence-corrected chi connectivity index (χ1v) is 7.30. The molecule has 2 rings (SSSR count). The maximum absolute atomic E-state index is 5.67. The molecular formula is C14H21BrN2O. The molecule has 1 fully saturated rings. The Balaban J connectivity index is 2.02. The van der Waals surface area contributed by atoms with E-state index in [2.05, 4.69) is 27.4 Å². The summed E-state index contributed by atoms with van der Waals surface area (Å²) < 4.78 is 6.48. The molecule has 0 aliphatic heterocycles. The Hall–Kier alpha value is -0.580. The van der Waals surface area contributed by atoms with Gasteiger partial charge >= 0.3 is 0 Å². The maximum atomic E-state index is 5.67. The van der Waals surface area contributed by atoms with Crippen LogP contribution >= 0.6 is 15.9 Å². The molecule has 1 saturated carbocycles. The van der Waals surface area contributed by atoms with E-state index < -0.39 is 0 Å². The Labute approximate surface area is 117 Å². The van der Waals surface area contributed by atoms with Gasteiger partial charge < -0.3 is 4.74 Å². The van der Waals surface area contributed by atoms with Crippen molar-refractivity contribution in [2.75, 3.05) is 7.11 Å². The van der Waals surface area contributed by atoms with Gasteiger partial charge in [-0.2, -0.15) is 0 Å². The fourth-order valence-corrected chi connectivity index (χ4v) is 2.92. The molecule has 0 heterocycles. The monoisotopic (exact) mass is 312 g/mol. The molecule has 1 unspecified atom stereocenters. The van der Waals surface area contributed by atoms with Gasteiger partial charge in [0, 0.05) is 10.5 Å². The number of nitrogens with two attached hydrogens (primary N) is 1. The van der Waals surface area contributed by atoms with E-state index in [1.165, 1.54) is 24.8 Å². The molecule has 0 radical (unpaired) electrons. The SMILES string of the molecule is COc1ccc(Br)cc1CC(CC1CCC1)NN. The summed E-state index contributed by atoms with van der Waals surface area (Å²) in [5.74, 6) is 7.46. The van der Waals surface area contributed by atoms with Crippen molar-refractivity contribution < 1.29 is 4.74 Å². The van der Waals surface area contributed by atoms with Crippen LogP contribution in [0, 0.1) is 5.92 Å². The molecule has 0 spiro atoms. The zero-order chi connectivity index (χ0) is 13.0. The highest BCUT2D eigenvalue weighted by atomic mass is 79.9. The third-order valence-corrected chi connectivity index (χ3v) is 4.28. The molecule has 0 saturated heterocycles. The van der Waals surface area contributed by atoms with Crippen molar-refractivity contribution in [2.45, 2.75) is 38.1 Å². The van der Waals surface area contributed by atoms with Crippen molar-refractivity contribution in [2.24, 2.45) is 11.8 Å². The molecule has 0 aromatic heterocycles. The number of halogens is 1. The third-order valence-electron chi connectivity index (χ3n) is 3.79. The molecule has 0 bridgehead atoms. The second kappa shape index (κ2) is 6.55. The van der Waals surface area contributed by atoms with Crippen molar-refractivity contribution in [3.8, 4) is 5.75 Å². The van der Waals surface area contributed by atoms with Crippen LogP contribution in [0.3, 0.4) is 0 Å². The first-order chi connectivity index (χ1) is 8.72. The lowest BCUT2D eigenvalue weighted by Gasteiger charge is -2.29. The quantitative estimate of drug-likeness (QED) is 0.627. The van der Waals surface area contributed by atoms with Crippen molar-refractivity contribution in [3.63, 3.8) is 0 Å². The molecule has 1 atom stereocenters. The van der Waals surface area contributed by atoms with Crippen LogP contribution in [-0.2, 0) is 6.42 Å². The minimum atomic E-state index is 0.332. The molecule has 1 aromatic rings. The molecule has 0 amide bonds. The van der Waals surface area contributed by atoms with Crippen molar-refractivity contribution in [1.29, 1.82) is 0 Å². The normalized spacial score (nSPS) is 17.3. The molecular weight excluding hydrogens is 292 g/mol. The molecule has 3 N–H and O–H groups in total. The van der Waals surface area contributed by atoms with Crippen LogP contribution in [0.1, 0.15) is 31.2 Å². The van der Waals surface area contributed by atoms with Crippen LogP contribution in [0.5, 0.6) is 5.75 Å². The van der Waals surface area contributed by atoms with Gasteiger partial charge in [-0.1, -0.05) is 35.2 Å². The molecule has 1 aromatic carbocycles. The Kier molecular flexibility index (Phi) is 5.03. The van der Waals surface area contributed by atoms with Gasteiger partial charge in [-0.15, -0.1) is 0 Å². The standard InChI is InChI=1S/C14H21BrN2O/c1-18-14-6-5-12(15)8-11(14)9-13(17-16)7-10-3-2-4-10/h5-6,8,10,13,17H,2-4,7,9,16H2,1H3. The van der Waals surface area contributed by atoms with E-state index in [0.29, 0.717) is 6.04 Å². The minimum Gasteiger partial charge on any atom is -0.496 e. The van der Waals surface area contributed by atoms with Gasteiger partial charge in [0.05, 0.1) is 7.11 Å². The van der Waals surface area contributed by atoms with E-state index in [1.807, 2.05) is 12.1 Å². The number of hydrogen-bond donors (Lipinski definition) is 2. The molecule has 3 nitrogen and oxygen atoms in total. The Morgan fingerprint density at radius 1 is 1.50 bits per heavy atom. The van der Waals surface area contributed by atoms with Gasteiger partial charge in [-0.3, -0.25) is 11.3 Å². The van der Waals surface area contributed by atoms with Crippen molar-refractivity contribution in [1.82, 2.24) is 5.43 Å². The molecule has 1 aliphatic carbocycles. The van der Waals surface area contributed by atoms with Gasteiger partial charge in [0.25, 0.3) is 0 Å². The van der Waals surface area contributed by atoms with E-state index >= 15 is 0 Å². The van der Waals surface area contributed by atoms with E-state index in [1.54, 1.807) is 7.11 Å². The highest BCUT2D eigenvalue weighted by Gasteiger charge is 2.22. The Bertz CT molecular complexity index is 393. The largest absolute Gasteiger partial charge is 0.496 e. The van der Waals surface area contributed by atoms with E-state index in [4.69, 9.17) is 10.6 Å². The second-order valence-electron chi connectivity index (χ2n) is 5.06. The number of benzene rings is 1. The summed E-state index contributed by atoms with van der Waals surface area (Å²) in [6, 6.07) is 6.44. The predicted octanol–water partition coefficient (Wildman–Crippen LogP) is 3.02. The smallest absolute Gasteiger partial charge is 0.122 e. The Morgan fingerprint density at radius 3 is 2.83 bits per heavy atom. The lowest BCUT2D eigenvalue weighted by atomic mass is 9.80. The zero-order valence-corrected chi connectivity index (χ0v) is 12.4. The fourth-order valence-electron chi connectivity index (χ4n) is 2.51. The average molecular weight is 313 g/mol. The zero-order valence-electron chi connectivity index (χ0n) is 10.8. The number of ether oxygens (including phenoxy) is 1. The van der Waals surface area contributed by atoms with Crippen LogP contribution in [0.2, 0.25) is 0 Å². The fraction of sp³-hybridized carbons (Fsp3) is 0.571. The average Bonchev–Trinajstić information content (AvgIpc) is 2.32. The molecule has 18 heavy (non-hydrogen) atoms. The Morgan fingerprint density at radius 2 is 2.28 bits per heavy atom. The lowest BCUT2D eigenvalue weighted by Crippen LogP contribution is -2.39. The number of nitrogens with one attached hydrogen (secondary N) is 1. The summed E-state index contributed by atoms with van der Waals surface area (Å²) in [4.78, 5) is 0. The first kappa shape index (κ1) is 13.8. The van der Waals surface area contributed by atoms with Crippen LogP contribution in [-0.4, -0.2) is 13.2 Å². The van der Waals surface area contributed by atoms with Crippen LogP contribution < -0.4 is 16.0 Å². The summed E-state index contributed by atoms with van der Waals surface area (Å²) in [5.41, 5.74) is 4.15. The number of hydrazine groups is 1. The first-order valence-electron chi connectivity index (χ1n) is 6.51. The lowest BCUT2D eigenvalue weighted by molar-refractivity contribution is 0.259. The molecule has 4 heteroatoms. The van der Waals surface area contributed by atoms with Crippen LogP contribution in [0.25, 0.3) is 0 Å². The van der Waals surface area contributed by atoms with Crippen LogP contribution in [0.4, 0.5) is 0 Å². The number of hydrogen-bond acceptors (Lipinski definition) is 3. The van der Waals surface area contributed by atoms with Crippen LogP contribution in [0.15, 0.2) is 22.7 Å². The van der Waals surface area contributed by atoms with Crippen molar-refractivity contribution in [3.05, 3.63) is 28.2 Å². The molecule has 100 valence electrons. The van der Waals surface area contributed by atoms with Gasteiger partial charge in [0.15, 0.2) is 0 Å². The number of methoxy groups -OCH3 is 1. The second-order valence-corrected chi connectivity index (χ2v) is 5.97. The van der Waals surface area contributed by atoms with Gasteiger partial charge in [0.2, 0.25) is 0 Å². The summed E-state index contributed by atoms with van der Waals surface area (Å²) in [6.45, 7) is 0. The minimum absolute atomic E-state index is 0.332. The highest BCUT2D eigenvalue weighted by molar-refractivity contribution is 9.10.